The zero-order valence-electron chi connectivity index (χ0n) is 5.31. The molecule has 0 atom stereocenters. The summed E-state index contributed by atoms with van der Waals surface area (Å²) in [5.41, 5.74) is 1.64. The highest BCUT2D eigenvalue weighted by atomic mass is 79.9. The van der Waals surface area contributed by atoms with Gasteiger partial charge in [0, 0.05) is 0 Å². The molecule has 11 heavy (non-hydrogen) atoms. The standard InChI is InChI=1S/C6H3BrClN3/c7-6-5-3(10-11-6)1-2-4(8)9-5/h1-2H,(H,10,11). The van der Waals surface area contributed by atoms with E-state index in [9.17, 15) is 0 Å². The van der Waals surface area contributed by atoms with Crippen LogP contribution in [0.15, 0.2) is 16.7 Å². The third-order valence-corrected chi connectivity index (χ3v) is 2.09. The van der Waals surface area contributed by atoms with Gasteiger partial charge in [-0.1, -0.05) is 11.6 Å². The van der Waals surface area contributed by atoms with Crippen LogP contribution in [0, 0.1) is 0 Å². The Bertz CT molecular complexity index is 398. The molecular formula is C6H3BrClN3. The van der Waals surface area contributed by atoms with E-state index in [2.05, 4.69) is 31.1 Å². The molecular weight excluding hydrogens is 229 g/mol. The van der Waals surface area contributed by atoms with E-state index in [1.807, 2.05) is 6.07 Å². The highest BCUT2D eigenvalue weighted by Gasteiger charge is 2.03. The van der Waals surface area contributed by atoms with Gasteiger partial charge in [0.2, 0.25) is 0 Å². The Kier molecular flexibility index (Phi) is 1.58. The van der Waals surface area contributed by atoms with Crippen molar-refractivity contribution < 1.29 is 0 Å². The minimum Gasteiger partial charge on any atom is -0.275 e. The molecule has 0 amide bonds. The topological polar surface area (TPSA) is 41.6 Å². The number of pyridine rings is 1. The highest BCUT2D eigenvalue weighted by molar-refractivity contribution is 9.10. The van der Waals surface area contributed by atoms with Gasteiger partial charge in [0.05, 0.1) is 5.52 Å². The summed E-state index contributed by atoms with van der Waals surface area (Å²) in [6.45, 7) is 0. The summed E-state index contributed by atoms with van der Waals surface area (Å²) in [5.74, 6) is 0. The fourth-order valence-electron chi connectivity index (χ4n) is 0.845. The molecule has 0 fully saturated rings. The molecule has 1 N–H and O–H groups in total. The Morgan fingerprint density at radius 1 is 1.45 bits per heavy atom. The zero-order valence-corrected chi connectivity index (χ0v) is 7.65. The zero-order chi connectivity index (χ0) is 7.84. The largest absolute Gasteiger partial charge is 0.275 e. The molecule has 0 unspecified atom stereocenters. The van der Waals surface area contributed by atoms with Gasteiger partial charge < -0.3 is 0 Å². The smallest absolute Gasteiger partial charge is 0.154 e. The van der Waals surface area contributed by atoms with Crippen LogP contribution >= 0.6 is 27.5 Å². The molecule has 0 radical (unpaired) electrons. The number of aromatic nitrogens is 3. The van der Waals surface area contributed by atoms with Crippen molar-refractivity contribution in [1.29, 1.82) is 0 Å². The number of hydrogen-bond donors (Lipinski definition) is 1. The van der Waals surface area contributed by atoms with E-state index in [4.69, 9.17) is 11.6 Å². The molecule has 0 saturated heterocycles. The van der Waals surface area contributed by atoms with Crippen molar-refractivity contribution in [3.8, 4) is 0 Å². The minimum absolute atomic E-state index is 0.472. The molecule has 2 heterocycles. The molecule has 2 rings (SSSR count). The van der Waals surface area contributed by atoms with Crippen LogP contribution in [0.1, 0.15) is 0 Å². The van der Waals surface area contributed by atoms with Gasteiger partial charge in [0.1, 0.15) is 10.7 Å². The van der Waals surface area contributed by atoms with Gasteiger partial charge in [-0.15, -0.1) is 0 Å². The van der Waals surface area contributed by atoms with Crippen molar-refractivity contribution >= 4 is 38.6 Å². The second-order valence-corrected chi connectivity index (χ2v) is 3.18. The summed E-state index contributed by atoms with van der Waals surface area (Å²) in [5, 5.41) is 7.18. The fraction of sp³-hybridized carbons (Fsp3) is 0. The number of nitrogens with one attached hydrogen (secondary N) is 1. The summed E-state index contributed by atoms with van der Waals surface area (Å²) >= 11 is 8.91. The van der Waals surface area contributed by atoms with Gasteiger partial charge in [-0.3, -0.25) is 5.10 Å². The minimum atomic E-state index is 0.472. The van der Waals surface area contributed by atoms with Crippen LogP contribution in [0.25, 0.3) is 11.0 Å². The Morgan fingerprint density at radius 2 is 2.27 bits per heavy atom. The van der Waals surface area contributed by atoms with Crippen LogP contribution in [0.3, 0.4) is 0 Å². The van der Waals surface area contributed by atoms with Crippen molar-refractivity contribution in [2.75, 3.05) is 0 Å². The monoisotopic (exact) mass is 231 g/mol. The molecule has 0 aliphatic carbocycles. The molecule has 0 saturated carbocycles. The third kappa shape index (κ3) is 1.12. The maximum atomic E-state index is 5.67. The Labute approximate surface area is 75.9 Å². The summed E-state index contributed by atoms with van der Waals surface area (Å²) in [4.78, 5) is 4.06. The van der Waals surface area contributed by atoms with Crippen LogP contribution in [-0.4, -0.2) is 15.2 Å². The second kappa shape index (κ2) is 2.46. The first-order chi connectivity index (χ1) is 5.27. The average molecular weight is 232 g/mol. The predicted molar refractivity (Wildman–Crippen MR) is 46.6 cm³/mol. The number of rotatable bonds is 0. The number of aromatic amines is 1. The SMILES string of the molecule is Clc1ccc2[nH]nc(Br)c2n1. The quantitative estimate of drug-likeness (QED) is 0.709. The van der Waals surface area contributed by atoms with Crippen LogP contribution in [0.5, 0.6) is 0 Å². The van der Waals surface area contributed by atoms with Crippen molar-refractivity contribution in [2.45, 2.75) is 0 Å². The summed E-state index contributed by atoms with van der Waals surface area (Å²) in [6, 6.07) is 3.55. The van der Waals surface area contributed by atoms with Gasteiger partial charge in [-0.05, 0) is 28.1 Å². The van der Waals surface area contributed by atoms with E-state index in [0.717, 1.165) is 11.0 Å². The lowest BCUT2D eigenvalue weighted by atomic mass is 10.4. The third-order valence-electron chi connectivity index (χ3n) is 1.33. The Morgan fingerprint density at radius 3 is 3.09 bits per heavy atom. The van der Waals surface area contributed by atoms with E-state index in [1.165, 1.54) is 0 Å². The van der Waals surface area contributed by atoms with Gasteiger partial charge in [0.15, 0.2) is 4.60 Å². The molecule has 56 valence electrons. The number of H-pyrrole nitrogens is 1. The molecule has 0 bridgehead atoms. The molecule has 0 aromatic carbocycles. The first-order valence-corrected chi connectivity index (χ1v) is 4.10. The maximum Gasteiger partial charge on any atom is 0.154 e. The normalized spacial score (nSPS) is 10.7. The van der Waals surface area contributed by atoms with Gasteiger partial charge in [0.25, 0.3) is 0 Å². The molecule has 0 aliphatic heterocycles. The van der Waals surface area contributed by atoms with Crippen molar-refractivity contribution in [1.82, 2.24) is 15.2 Å². The second-order valence-electron chi connectivity index (χ2n) is 2.04. The van der Waals surface area contributed by atoms with E-state index in [1.54, 1.807) is 6.07 Å². The lowest BCUT2D eigenvalue weighted by Crippen LogP contribution is -1.74. The van der Waals surface area contributed by atoms with Crippen molar-refractivity contribution in [3.05, 3.63) is 21.9 Å². The molecule has 2 aromatic rings. The van der Waals surface area contributed by atoms with E-state index in [-0.39, 0.29) is 0 Å². The predicted octanol–water partition coefficient (Wildman–Crippen LogP) is 2.37. The van der Waals surface area contributed by atoms with Crippen LogP contribution in [0.2, 0.25) is 5.15 Å². The molecule has 5 heteroatoms. The average Bonchev–Trinajstić information content (AvgIpc) is 2.33. The van der Waals surface area contributed by atoms with Crippen LogP contribution < -0.4 is 0 Å². The van der Waals surface area contributed by atoms with Gasteiger partial charge in [-0.25, -0.2) is 4.98 Å². The fourth-order valence-corrected chi connectivity index (χ4v) is 1.38. The number of halogens is 2. The Balaban J connectivity index is 2.87. The molecule has 3 nitrogen and oxygen atoms in total. The lowest BCUT2D eigenvalue weighted by molar-refractivity contribution is 1.10. The van der Waals surface area contributed by atoms with Crippen molar-refractivity contribution in [2.24, 2.45) is 0 Å². The maximum absolute atomic E-state index is 5.67. The number of nitrogens with zero attached hydrogens (tertiary/aromatic N) is 2. The first-order valence-electron chi connectivity index (χ1n) is 2.93. The van der Waals surface area contributed by atoms with Crippen LogP contribution in [-0.2, 0) is 0 Å². The van der Waals surface area contributed by atoms with Crippen LogP contribution in [0.4, 0.5) is 0 Å². The number of hydrogen-bond acceptors (Lipinski definition) is 2. The van der Waals surface area contributed by atoms with E-state index >= 15 is 0 Å². The van der Waals surface area contributed by atoms with Gasteiger partial charge in [-0.2, -0.15) is 5.10 Å². The summed E-state index contributed by atoms with van der Waals surface area (Å²) in [6.07, 6.45) is 0. The first kappa shape index (κ1) is 7.06. The molecule has 2 aromatic heterocycles. The molecule has 0 aliphatic rings. The summed E-state index contributed by atoms with van der Waals surface area (Å²) < 4.78 is 0.690. The Hall–Kier alpha value is -0.610. The highest BCUT2D eigenvalue weighted by Crippen LogP contribution is 2.19. The van der Waals surface area contributed by atoms with Crippen molar-refractivity contribution in [3.63, 3.8) is 0 Å². The van der Waals surface area contributed by atoms with E-state index in [0.29, 0.717) is 9.76 Å². The van der Waals surface area contributed by atoms with Gasteiger partial charge >= 0.3 is 0 Å². The summed E-state index contributed by atoms with van der Waals surface area (Å²) in [7, 11) is 0. The number of fused-ring (bicyclic) bond motifs is 1. The van der Waals surface area contributed by atoms with E-state index < -0.39 is 0 Å². The lowest BCUT2D eigenvalue weighted by Gasteiger charge is -1.88. The molecule has 0 spiro atoms.